The van der Waals surface area contributed by atoms with Crippen LogP contribution in [0.1, 0.15) is 39.0 Å². The van der Waals surface area contributed by atoms with Crippen molar-refractivity contribution in [3.63, 3.8) is 0 Å². The topological polar surface area (TPSA) is 21.3 Å². The molecule has 2 heteroatoms. The minimum absolute atomic E-state index is 0.835. The van der Waals surface area contributed by atoms with Gasteiger partial charge in [0.2, 0.25) is 0 Å². The van der Waals surface area contributed by atoms with Crippen molar-refractivity contribution in [2.24, 2.45) is 0 Å². The van der Waals surface area contributed by atoms with E-state index in [9.17, 15) is 0 Å². The lowest BCUT2D eigenvalue weighted by Crippen LogP contribution is -2.18. The van der Waals surface area contributed by atoms with Crippen molar-refractivity contribution in [3.8, 4) is 0 Å². The van der Waals surface area contributed by atoms with Gasteiger partial charge in [-0.2, -0.15) is 0 Å². The van der Waals surface area contributed by atoms with Gasteiger partial charge in [0.25, 0.3) is 0 Å². The maximum atomic E-state index is 5.24. The Morgan fingerprint density at radius 3 is 2.64 bits per heavy atom. The zero-order chi connectivity index (χ0) is 10.5. The summed E-state index contributed by atoms with van der Waals surface area (Å²) in [4.78, 5) is 0. The van der Waals surface area contributed by atoms with E-state index in [1.807, 2.05) is 13.0 Å². The summed E-state index contributed by atoms with van der Waals surface area (Å²) < 4.78 is 5.24. The Morgan fingerprint density at radius 2 is 1.93 bits per heavy atom. The second-order valence-electron chi connectivity index (χ2n) is 3.44. The smallest absolute Gasteiger partial charge is 0.0477 e. The second-order valence-corrected chi connectivity index (χ2v) is 3.44. The first-order valence-electron chi connectivity index (χ1n) is 5.81. The van der Waals surface area contributed by atoms with E-state index in [1.54, 1.807) is 0 Å². The molecular weight excluding hydrogens is 174 g/mol. The summed E-state index contributed by atoms with van der Waals surface area (Å²) in [6.07, 6.45) is 8.15. The number of ether oxygens (including phenoxy) is 1. The average Bonchev–Trinajstić information content (AvgIpc) is 2.21. The van der Waals surface area contributed by atoms with E-state index in [4.69, 9.17) is 4.74 Å². The average molecular weight is 199 g/mol. The van der Waals surface area contributed by atoms with Crippen molar-refractivity contribution in [1.82, 2.24) is 5.32 Å². The van der Waals surface area contributed by atoms with Gasteiger partial charge in [-0.15, -0.1) is 6.58 Å². The molecule has 0 fully saturated rings. The number of unbranched alkanes of at least 4 members (excludes halogenated alkanes) is 3. The quantitative estimate of drug-likeness (QED) is 0.408. The number of rotatable bonds is 11. The molecule has 2 nitrogen and oxygen atoms in total. The molecule has 14 heavy (non-hydrogen) atoms. The van der Waals surface area contributed by atoms with Crippen LogP contribution < -0.4 is 5.32 Å². The molecule has 0 saturated heterocycles. The van der Waals surface area contributed by atoms with Gasteiger partial charge >= 0.3 is 0 Å². The Labute approximate surface area is 88.7 Å². The molecule has 0 unspecified atom stereocenters. The molecule has 0 heterocycles. The molecule has 0 rings (SSSR count). The Bertz CT molecular complexity index is 115. The number of hydrogen-bond donors (Lipinski definition) is 1. The van der Waals surface area contributed by atoms with Crippen molar-refractivity contribution >= 4 is 0 Å². The van der Waals surface area contributed by atoms with Gasteiger partial charge in [0.1, 0.15) is 0 Å². The highest BCUT2D eigenvalue weighted by Crippen LogP contribution is 1.98. The fourth-order valence-corrected chi connectivity index (χ4v) is 1.28. The van der Waals surface area contributed by atoms with Gasteiger partial charge in [0.05, 0.1) is 0 Å². The first kappa shape index (κ1) is 13.7. The first-order chi connectivity index (χ1) is 6.91. The van der Waals surface area contributed by atoms with Crippen LogP contribution in [-0.4, -0.2) is 26.3 Å². The Hall–Kier alpha value is -0.340. The lowest BCUT2D eigenvalue weighted by molar-refractivity contribution is 0.145. The molecule has 0 spiro atoms. The molecule has 0 saturated carbocycles. The number of nitrogens with one attached hydrogen (secondary N) is 1. The predicted molar refractivity (Wildman–Crippen MR) is 62.6 cm³/mol. The fraction of sp³-hybridized carbons (Fsp3) is 0.833. The van der Waals surface area contributed by atoms with Crippen LogP contribution in [0.3, 0.4) is 0 Å². The molecule has 0 bridgehead atoms. The van der Waals surface area contributed by atoms with Crippen molar-refractivity contribution < 1.29 is 4.74 Å². The standard InChI is InChI=1S/C12H25NO/c1-3-5-6-7-8-10-13-11-9-12-14-4-2/h3,13H,1,4-12H2,2H3. The summed E-state index contributed by atoms with van der Waals surface area (Å²) in [5, 5.41) is 3.42. The van der Waals surface area contributed by atoms with Crippen LogP contribution in [0, 0.1) is 0 Å². The minimum Gasteiger partial charge on any atom is -0.382 e. The molecule has 0 aromatic carbocycles. The van der Waals surface area contributed by atoms with E-state index >= 15 is 0 Å². The van der Waals surface area contributed by atoms with E-state index in [1.165, 1.54) is 19.3 Å². The molecule has 0 atom stereocenters. The Kier molecular flexibility index (Phi) is 12.4. The van der Waals surface area contributed by atoms with Crippen molar-refractivity contribution in [2.45, 2.75) is 39.0 Å². The van der Waals surface area contributed by atoms with Gasteiger partial charge in [0, 0.05) is 13.2 Å². The normalized spacial score (nSPS) is 10.4. The van der Waals surface area contributed by atoms with Gasteiger partial charge in [-0.1, -0.05) is 12.5 Å². The van der Waals surface area contributed by atoms with Gasteiger partial charge in [-0.3, -0.25) is 0 Å². The first-order valence-corrected chi connectivity index (χ1v) is 5.81. The van der Waals surface area contributed by atoms with Crippen molar-refractivity contribution in [3.05, 3.63) is 12.7 Å². The predicted octanol–water partition coefficient (Wildman–Crippen LogP) is 2.75. The minimum atomic E-state index is 0.835. The molecule has 0 radical (unpaired) electrons. The van der Waals surface area contributed by atoms with Crippen molar-refractivity contribution in [1.29, 1.82) is 0 Å². The van der Waals surface area contributed by atoms with Crippen LogP contribution in [0.25, 0.3) is 0 Å². The molecule has 0 aliphatic heterocycles. The van der Waals surface area contributed by atoms with E-state index in [0.717, 1.165) is 39.1 Å². The van der Waals surface area contributed by atoms with Gasteiger partial charge < -0.3 is 10.1 Å². The highest BCUT2D eigenvalue weighted by Gasteiger charge is 1.89. The van der Waals surface area contributed by atoms with E-state index in [-0.39, 0.29) is 0 Å². The maximum absolute atomic E-state index is 5.24. The van der Waals surface area contributed by atoms with Crippen LogP contribution >= 0.6 is 0 Å². The summed E-state index contributed by atoms with van der Waals surface area (Å²) in [5.41, 5.74) is 0. The highest BCUT2D eigenvalue weighted by molar-refractivity contribution is 4.65. The molecule has 1 N–H and O–H groups in total. The molecule has 0 aliphatic carbocycles. The summed E-state index contributed by atoms with van der Waals surface area (Å²) in [6.45, 7) is 9.69. The summed E-state index contributed by atoms with van der Waals surface area (Å²) in [6, 6.07) is 0. The third-order valence-electron chi connectivity index (χ3n) is 2.11. The van der Waals surface area contributed by atoms with Crippen LogP contribution in [0.4, 0.5) is 0 Å². The largest absolute Gasteiger partial charge is 0.382 e. The van der Waals surface area contributed by atoms with E-state index in [2.05, 4.69) is 11.9 Å². The lowest BCUT2D eigenvalue weighted by Gasteiger charge is -2.04. The van der Waals surface area contributed by atoms with Gasteiger partial charge in [-0.05, 0) is 45.7 Å². The SMILES string of the molecule is C=CCCCCCNCCCOCC. The Balaban J connectivity index is 2.81. The van der Waals surface area contributed by atoms with Crippen LogP contribution in [0.5, 0.6) is 0 Å². The van der Waals surface area contributed by atoms with Crippen LogP contribution in [0.2, 0.25) is 0 Å². The van der Waals surface area contributed by atoms with E-state index in [0.29, 0.717) is 0 Å². The van der Waals surface area contributed by atoms with Crippen molar-refractivity contribution in [2.75, 3.05) is 26.3 Å². The fourth-order valence-electron chi connectivity index (χ4n) is 1.28. The van der Waals surface area contributed by atoms with Gasteiger partial charge in [0.15, 0.2) is 0 Å². The summed E-state index contributed by atoms with van der Waals surface area (Å²) >= 11 is 0. The summed E-state index contributed by atoms with van der Waals surface area (Å²) in [5.74, 6) is 0. The Morgan fingerprint density at radius 1 is 1.14 bits per heavy atom. The molecule has 0 aromatic heterocycles. The second kappa shape index (κ2) is 12.7. The van der Waals surface area contributed by atoms with E-state index < -0.39 is 0 Å². The van der Waals surface area contributed by atoms with Crippen LogP contribution in [0.15, 0.2) is 12.7 Å². The third-order valence-corrected chi connectivity index (χ3v) is 2.11. The molecule has 0 aromatic rings. The molecular formula is C12H25NO. The highest BCUT2D eigenvalue weighted by atomic mass is 16.5. The van der Waals surface area contributed by atoms with Gasteiger partial charge in [-0.25, -0.2) is 0 Å². The van der Waals surface area contributed by atoms with Crippen LogP contribution in [-0.2, 0) is 4.74 Å². The number of allylic oxidation sites excluding steroid dienone is 1. The molecule has 84 valence electrons. The molecule has 0 aliphatic rings. The number of hydrogen-bond acceptors (Lipinski definition) is 2. The third kappa shape index (κ3) is 11.7. The molecule has 0 amide bonds. The summed E-state index contributed by atoms with van der Waals surface area (Å²) in [7, 11) is 0. The zero-order valence-electron chi connectivity index (χ0n) is 9.56. The monoisotopic (exact) mass is 199 g/mol. The zero-order valence-corrected chi connectivity index (χ0v) is 9.56. The maximum Gasteiger partial charge on any atom is 0.0477 e. The lowest BCUT2D eigenvalue weighted by atomic mass is 10.2.